The van der Waals surface area contributed by atoms with E-state index in [2.05, 4.69) is 16.7 Å². The average Bonchev–Trinajstić information content (AvgIpc) is 2.12. The Morgan fingerprint density at radius 2 is 1.50 bits per heavy atom. The van der Waals surface area contributed by atoms with Gasteiger partial charge in [0.05, 0.1) is 0 Å². The van der Waals surface area contributed by atoms with Gasteiger partial charge in [0.1, 0.15) is 0 Å². The molecule has 0 aliphatic carbocycles. The largest absolute Gasteiger partial charge is 0.303 e. The van der Waals surface area contributed by atoms with E-state index in [9.17, 15) is 0 Å². The third-order valence-corrected chi connectivity index (χ3v) is 3.60. The van der Waals surface area contributed by atoms with Crippen LogP contribution in [0.2, 0.25) is 0 Å². The molecule has 2 nitrogen and oxygen atoms in total. The lowest BCUT2D eigenvalue weighted by Crippen LogP contribution is -2.40. The predicted molar refractivity (Wildman–Crippen MR) is 60.2 cm³/mol. The van der Waals surface area contributed by atoms with Crippen LogP contribution in [0.4, 0.5) is 0 Å². The molecule has 0 spiro atoms. The van der Waals surface area contributed by atoms with Gasteiger partial charge in [-0.05, 0) is 70.9 Å². The lowest BCUT2D eigenvalue weighted by atomic mass is 9.99. The first-order chi connectivity index (χ1) is 6.84. The monoisotopic (exact) mass is 195 g/mol. The van der Waals surface area contributed by atoms with Crippen LogP contribution in [-0.4, -0.2) is 49.1 Å². The van der Waals surface area contributed by atoms with Gasteiger partial charge in [-0.1, -0.05) is 6.92 Å². The summed E-state index contributed by atoms with van der Waals surface area (Å²) in [6.45, 7) is 12.0. The van der Waals surface area contributed by atoms with Crippen molar-refractivity contribution in [1.82, 2.24) is 9.80 Å². The summed E-state index contributed by atoms with van der Waals surface area (Å²) < 4.78 is 0. The van der Waals surface area contributed by atoms with Crippen LogP contribution in [0.3, 0.4) is 0 Å². The van der Waals surface area contributed by atoms with Gasteiger partial charge in [0, 0.05) is 0 Å². The molecule has 0 N–H and O–H groups in total. The first kappa shape index (κ1) is 10.4. The molecular weight excluding hydrogens is 172 g/mol. The van der Waals surface area contributed by atoms with Crippen LogP contribution in [0.25, 0.3) is 0 Å². The Morgan fingerprint density at radius 1 is 0.929 bits per heavy atom. The molecular formula is C12H23N2. The summed E-state index contributed by atoms with van der Waals surface area (Å²) in [6.07, 6.45) is 5.40. The second-order valence-electron chi connectivity index (χ2n) is 4.83. The normalized spacial score (nSPS) is 26.4. The maximum Gasteiger partial charge on any atom is -0.000653 e. The molecule has 2 rings (SSSR count). The minimum atomic E-state index is 0.724. The van der Waals surface area contributed by atoms with E-state index in [4.69, 9.17) is 0 Å². The van der Waals surface area contributed by atoms with Gasteiger partial charge in [-0.15, -0.1) is 0 Å². The summed E-state index contributed by atoms with van der Waals surface area (Å²) in [7, 11) is 0. The van der Waals surface area contributed by atoms with Crippen LogP contribution < -0.4 is 0 Å². The molecule has 2 heteroatoms. The Hall–Kier alpha value is -0.0800. The first-order valence-electron chi connectivity index (χ1n) is 6.12. The van der Waals surface area contributed by atoms with Gasteiger partial charge in [0.25, 0.3) is 0 Å². The van der Waals surface area contributed by atoms with Crippen LogP contribution in [-0.2, 0) is 0 Å². The fraction of sp³-hybridized carbons (Fsp3) is 0.917. The predicted octanol–water partition coefficient (Wildman–Crippen LogP) is 1.63. The highest BCUT2D eigenvalue weighted by Crippen LogP contribution is 2.15. The highest BCUT2D eigenvalue weighted by Gasteiger charge is 2.16. The fourth-order valence-electron chi connectivity index (χ4n) is 2.33. The summed E-state index contributed by atoms with van der Waals surface area (Å²) in [5.41, 5.74) is 0. The number of hydrogen-bond acceptors (Lipinski definition) is 2. The van der Waals surface area contributed by atoms with Crippen molar-refractivity contribution in [2.45, 2.75) is 25.7 Å². The smallest absolute Gasteiger partial charge is 0.000653 e. The molecule has 0 aromatic heterocycles. The van der Waals surface area contributed by atoms with Crippen LogP contribution >= 0.6 is 0 Å². The minimum Gasteiger partial charge on any atom is -0.303 e. The van der Waals surface area contributed by atoms with Crippen molar-refractivity contribution in [3.63, 3.8) is 0 Å². The Kier molecular flexibility index (Phi) is 3.82. The van der Waals surface area contributed by atoms with Crippen LogP contribution in [0.5, 0.6) is 0 Å². The van der Waals surface area contributed by atoms with E-state index in [1.54, 1.807) is 0 Å². The molecule has 1 radical (unpaired) electrons. The Morgan fingerprint density at radius 3 is 2.00 bits per heavy atom. The van der Waals surface area contributed by atoms with Crippen molar-refractivity contribution in [3.8, 4) is 0 Å². The van der Waals surface area contributed by atoms with E-state index in [1.807, 2.05) is 0 Å². The quantitative estimate of drug-likeness (QED) is 0.673. The van der Waals surface area contributed by atoms with E-state index in [0.717, 1.165) is 5.92 Å². The van der Waals surface area contributed by atoms with Gasteiger partial charge >= 0.3 is 0 Å². The van der Waals surface area contributed by atoms with Crippen molar-refractivity contribution in [1.29, 1.82) is 0 Å². The van der Waals surface area contributed by atoms with Gasteiger partial charge in [0.2, 0.25) is 0 Å². The van der Waals surface area contributed by atoms with Crippen LogP contribution in [0.1, 0.15) is 25.7 Å². The third-order valence-electron chi connectivity index (χ3n) is 3.60. The molecule has 0 aromatic rings. The molecule has 0 amide bonds. The van der Waals surface area contributed by atoms with Gasteiger partial charge in [-0.2, -0.15) is 0 Å². The molecule has 0 atom stereocenters. The highest BCUT2D eigenvalue weighted by molar-refractivity contribution is 4.74. The standard InChI is InChI=1S/C12H23N2/c1-12-4-10-14(11-5-12)9-3-8-13-6-2-7-13/h12H,1-11H2. The number of nitrogens with zero attached hydrogens (tertiary/aromatic N) is 2. The molecule has 0 bridgehead atoms. The number of piperidine rings is 1. The lowest BCUT2D eigenvalue weighted by molar-refractivity contribution is 0.153. The van der Waals surface area contributed by atoms with E-state index in [1.165, 1.54) is 65.0 Å². The van der Waals surface area contributed by atoms with E-state index in [-0.39, 0.29) is 0 Å². The average molecular weight is 195 g/mol. The zero-order chi connectivity index (χ0) is 9.80. The van der Waals surface area contributed by atoms with E-state index in [0.29, 0.717) is 0 Å². The minimum absolute atomic E-state index is 0.724. The molecule has 2 saturated heterocycles. The molecule has 0 unspecified atom stereocenters. The zero-order valence-electron chi connectivity index (χ0n) is 9.25. The molecule has 2 aliphatic heterocycles. The van der Waals surface area contributed by atoms with Gasteiger partial charge < -0.3 is 9.80 Å². The molecule has 0 aromatic carbocycles. The van der Waals surface area contributed by atoms with E-state index >= 15 is 0 Å². The lowest BCUT2D eigenvalue weighted by Gasteiger charge is -2.33. The summed E-state index contributed by atoms with van der Waals surface area (Å²) in [5.74, 6) is 0.724. The Labute approximate surface area is 88.3 Å². The van der Waals surface area contributed by atoms with Crippen molar-refractivity contribution < 1.29 is 0 Å². The topological polar surface area (TPSA) is 6.48 Å². The molecule has 0 saturated carbocycles. The van der Waals surface area contributed by atoms with Crippen molar-refractivity contribution in [2.75, 3.05) is 39.3 Å². The third kappa shape index (κ3) is 2.96. The van der Waals surface area contributed by atoms with Crippen LogP contribution in [0.15, 0.2) is 0 Å². The van der Waals surface area contributed by atoms with Crippen LogP contribution in [0, 0.1) is 12.8 Å². The summed E-state index contributed by atoms with van der Waals surface area (Å²) in [6, 6.07) is 0. The second kappa shape index (κ2) is 5.13. The SMILES string of the molecule is [CH2]C1CCN(CCCN2CCC2)CC1. The second-order valence-corrected chi connectivity index (χ2v) is 4.83. The molecule has 14 heavy (non-hydrogen) atoms. The zero-order valence-corrected chi connectivity index (χ0v) is 9.25. The Bertz CT molecular complexity index is 158. The molecule has 2 fully saturated rings. The van der Waals surface area contributed by atoms with Gasteiger partial charge in [-0.3, -0.25) is 0 Å². The highest BCUT2D eigenvalue weighted by atomic mass is 15.2. The summed E-state index contributed by atoms with van der Waals surface area (Å²) in [5, 5.41) is 0. The van der Waals surface area contributed by atoms with E-state index < -0.39 is 0 Å². The van der Waals surface area contributed by atoms with Crippen molar-refractivity contribution in [3.05, 3.63) is 6.92 Å². The van der Waals surface area contributed by atoms with Gasteiger partial charge in [-0.25, -0.2) is 0 Å². The molecule has 81 valence electrons. The maximum absolute atomic E-state index is 4.13. The summed E-state index contributed by atoms with van der Waals surface area (Å²) >= 11 is 0. The molecule has 2 heterocycles. The fourth-order valence-corrected chi connectivity index (χ4v) is 2.33. The molecule has 2 aliphatic rings. The number of hydrogen-bond donors (Lipinski definition) is 0. The van der Waals surface area contributed by atoms with Crippen molar-refractivity contribution in [2.24, 2.45) is 5.92 Å². The number of likely N-dealkylation sites (tertiary alicyclic amines) is 2. The first-order valence-corrected chi connectivity index (χ1v) is 6.12. The summed E-state index contributed by atoms with van der Waals surface area (Å²) in [4.78, 5) is 5.18. The Balaban J connectivity index is 1.52. The van der Waals surface area contributed by atoms with Crippen molar-refractivity contribution >= 4 is 0 Å². The van der Waals surface area contributed by atoms with Gasteiger partial charge in [0.15, 0.2) is 0 Å². The maximum atomic E-state index is 4.13. The number of rotatable bonds is 4.